The van der Waals surface area contributed by atoms with Crippen LogP contribution in [0.2, 0.25) is 10.0 Å². The Hall–Kier alpha value is -2.60. The van der Waals surface area contributed by atoms with Gasteiger partial charge < -0.3 is 9.88 Å². The molecule has 2 aromatic heterocycles. The third-order valence-corrected chi connectivity index (χ3v) is 6.12. The van der Waals surface area contributed by atoms with E-state index >= 15 is 0 Å². The molecule has 0 aliphatic heterocycles. The van der Waals surface area contributed by atoms with Gasteiger partial charge in [0, 0.05) is 33.4 Å². The minimum Gasteiger partial charge on any atom is -0.332 e. The molecular formula is C22H16Cl2N2O2S. The molecule has 4 aromatic rings. The lowest BCUT2D eigenvalue weighted by molar-refractivity contribution is -0.112. The number of carbonyl (C=O) groups is 2. The van der Waals surface area contributed by atoms with E-state index in [0.717, 1.165) is 21.5 Å². The summed E-state index contributed by atoms with van der Waals surface area (Å²) in [7, 11) is 0. The van der Waals surface area contributed by atoms with E-state index in [1.54, 1.807) is 35.6 Å². The van der Waals surface area contributed by atoms with Crippen LogP contribution in [-0.4, -0.2) is 16.3 Å². The largest absolute Gasteiger partial charge is 0.332 e. The van der Waals surface area contributed by atoms with E-state index in [1.807, 2.05) is 42.6 Å². The number of hydrogen-bond acceptors (Lipinski definition) is 3. The van der Waals surface area contributed by atoms with E-state index in [1.165, 1.54) is 0 Å². The molecule has 0 fully saturated rings. The topological polar surface area (TPSA) is 51.1 Å². The summed E-state index contributed by atoms with van der Waals surface area (Å²) in [5.74, 6) is -1.26. The number of Topliss-reactive ketones (excluding diaryl/α,β-unsaturated/α-hetero) is 1. The highest BCUT2D eigenvalue weighted by Crippen LogP contribution is 2.32. The van der Waals surface area contributed by atoms with Gasteiger partial charge in [-0.15, -0.1) is 11.3 Å². The van der Waals surface area contributed by atoms with Crippen LogP contribution in [0.5, 0.6) is 0 Å². The second-order valence-electron chi connectivity index (χ2n) is 6.61. The maximum atomic E-state index is 13.0. The van der Waals surface area contributed by atoms with Gasteiger partial charge in [0.25, 0.3) is 11.7 Å². The lowest BCUT2D eigenvalue weighted by Gasteiger charge is -2.09. The number of benzene rings is 2. The summed E-state index contributed by atoms with van der Waals surface area (Å²) < 4.78 is 2.06. The summed E-state index contributed by atoms with van der Waals surface area (Å²) in [6.07, 6.45) is 0. The molecule has 29 heavy (non-hydrogen) atoms. The van der Waals surface area contributed by atoms with Crippen LogP contribution in [0, 0.1) is 6.92 Å². The van der Waals surface area contributed by atoms with E-state index < -0.39 is 11.7 Å². The molecule has 1 amide bonds. The molecule has 4 rings (SSSR count). The second kappa shape index (κ2) is 8.03. The van der Waals surface area contributed by atoms with Gasteiger partial charge in [0.05, 0.1) is 5.56 Å². The Balaban J connectivity index is 1.67. The molecule has 0 saturated carbocycles. The van der Waals surface area contributed by atoms with Crippen molar-refractivity contribution in [3.05, 3.63) is 86.8 Å². The Morgan fingerprint density at radius 2 is 1.79 bits per heavy atom. The van der Waals surface area contributed by atoms with E-state index in [9.17, 15) is 9.59 Å². The summed E-state index contributed by atoms with van der Waals surface area (Å²) in [5, 5.41) is 6.51. The van der Waals surface area contributed by atoms with Gasteiger partial charge in [0.1, 0.15) is 4.83 Å². The maximum absolute atomic E-state index is 13.0. The van der Waals surface area contributed by atoms with Crippen LogP contribution < -0.4 is 5.32 Å². The first kappa shape index (κ1) is 19.7. The number of nitrogens with zero attached hydrogens (tertiary/aromatic N) is 1. The molecular weight excluding hydrogens is 427 g/mol. The average molecular weight is 443 g/mol. The molecule has 0 saturated heterocycles. The van der Waals surface area contributed by atoms with Crippen LogP contribution in [0.4, 0.5) is 5.69 Å². The Morgan fingerprint density at radius 1 is 1.03 bits per heavy atom. The highest BCUT2D eigenvalue weighted by Gasteiger charge is 2.26. The lowest BCUT2D eigenvalue weighted by Crippen LogP contribution is -2.23. The third-order valence-electron chi connectivity index (χ3n) is 4.70. The van der Waals surface area contributed by atoms with Crippen molar-refractivity contribution in [1.29, 1.82) is 0 Å². The van der Waals surface area contributed by atoms with Crippen LogP contribution >= 0.6 is 34.5 Å². The summed E-state index contributed by atoms with van der Waals surface area (Å²) in [4.78, 5) is 26.6. The molecule has 146 valence electrons. The Morgan fingerprint density at radius 3 is 2.52 bits per heavy atom. The number of amides is 1. The average Bonchev–Trinajstić information content (AvgIpc) is 3.25. The molecule has 2 aromatic carbocycles. The van der Waals surface area contributed by atoms with Crippen molar-refractivity contribution in [2.24, 2.45) is 0 Å². The smallest absolute Gasteiger partial charge is 0.296 e. The van der Waals surface area contributed by atoms with Crippen molar-refractivity contribution in [2.45, 2.75) is 13.5 Å². The minimum absolute atomic E-state index is 0.426. The van der Waals surface area contributed by atoms with Crippen molar-refractivity contribution in [3.8, 4) is 0 Å². The van der Waals surface area contributed by atoms with E-state index in [0.29, 0.717) is 27.8 Å². The molecule has 0 unspecified atom stereocenters. The molecule has 0 aliphatic carbocycles. The number of nitrogens with one attached hydrogen (secondary N) is 1. The van der Waals surface area contributed by atoms with Crippen molar-refractivity contribution in [3.63, 3.8) is 0 Å². The molecule has 0 atom stereocenters. The van der Waals surface area contributed by atoms with E-state index in [2.05, 4.69) is 9.88 Å². The predicted molar refractivity (Wildman–Crippen MR) is 120 cm³/mol. The first-order valence-corrected chi connectivity index (χ1v) is 10.5. The van der Waals surface area contributed by atoms with Gasteiger partial charge in [-0.25, -0.2) is 0 Å². The van der Waals surface area contributed by atoms with Gasteiger partial charge in [0.15, 0.2) is 0 Å². The number of halogens is 2. The fraction of sp³-hybridized carbons (Fsp3) is 0.0909. The summed E-state index contributed by atoms with van der Waals surface area (Å²) in [5.41, 5.74) is 2.73. The standard InChI is InChI=1S/C22H16Cl2N2O2S/c1-13-19(20(27)21(28)25-17-4-2-3-16(24)11-17)18-9-10-29-22(18)26(13)12-14-5-7-15(23)8-6-14/h2-11H,12H2,1H3,(H,25,28). The fourth-order valence-electron chi connectivity index (χ4n) is 3.30. The highest BCUT2D eigenvalue weighted by atomic mass is 35.5. The molecule has 1 N–H and O–H groups in total. The number of anilines is 1. The quantitative estimate of drug-likeness (QED) is 0.296. The van der Waals surface area contributed by atoms with Crippen LogP contribution in [0.15, 0.2) is 60.0 Å². The van der Waals surface area contributed by atoms with Crippen molar-refractivity contribution in [1.82, 2.24) is 4.57 Å². The maximum Gasteiger partial charge on any atom is 0.296 e. The molecule has 0 spiro atoms. The van der Waals surface area contributed by atoms with Gasteiger partial charge in [0.2, 0.25) is 0 Å². The minimum atomic E-state index is -0.688. The molecule has 4 nitrogen and oxygen atoms in total. The Labute approximate surface area is 181 Å². The predicted octanol–water partition coefficient (Wildman–Crippen LogP) is 6.19. The lowest BCUT2D eigenvalue weighted by atomic mass is 10.1. The van der Waals surface area contributed by atoms with Gasteiger partial charge in [-0.3, -0.25) is 9.59 Å². The first-order valence-electron chi connectivity index (χ1n) is 8.86. The molecule has 0 bridgehead atoms. The fourth-order valence-corrected chi connectivity index (χ4v) is 4.57. The third kappa shape index (κ3) is 3.94. The van der Waals surface area contributed by atoms with Crippen molar-refractivity contribution in [2.75, 3.05) is 5.32 Å². The Kier molecular flexibility index (Phi) is 5.46. The van der Waals surface area contributed by atoms with Crippen LogP contribution in [-0.2, 0) is 11.3 Å². The number of hydrogen-bond donors (Lipinski definition) is 1. The SMILES string of the molecule is Cc1c(C(=O)C(=O)Nc2cccc(Cl)c2)c2ccsc2n1Cc1ccc(Cl)cc1. The van der Waals surface area contributed by atoms with Crippen molar-refractivity contribution < 1.29 is 9.59 Å². The van der Waals surface area contributed by atoms with Gasteiger partial charge >= 0.3 is 0 Å². The van der Waals surface area contributed by atoms with Crippen LogP contribution in [0.25, 0.3) is 10.2 Å². The van der Waals surface area contributed by atoms with Crippen LogP contribution in [0.3, 0.4) is 0 Å². The zero-order chi connectivity index (χ0) is 20.5. The number of thiophene rings is 1. The number of carbonyl (C=O) groups excluding carboxylic acids is 2. The summed E-state index contributed by atoms with van der Waals surface area (Å²) >= 11 is 13.5. The van der Waals surface area contributed by atoms with Gasteiger partial charge in [-0.2, -0.15) is 0 Å². The van der Waals surface area contributed by atoms with Gasteiger partial charge in [-0.05, 0) is 54.3 Å². The number of ketones is 1. The summed E-state index contributed by atoms with van der Waals surface area (Å²) in [6.45, 7) is 2.45. The second-order valence-corrected chi connectivity index (χ2v) is 8.37. The summed E-state index contributed by atoms with van der Waals surface area (Å²) in [6, 6.07) is 16.2. The molecule has 0 radical (unpaired) electrons. The van der Waals surface area contributed by atoms with E-state index in [4.69, 9.17) is 23.2 Å². The first-order chi connectivity index (χ1) is 13.9. The van der Waals surface area contributed by atoms with Crippen molar-refractivity contribution >= 4 is 62.1 Å². The number of aromatic nitrogens is 1. The number of fused-ring (bicyclic) bond motifs is 1. The number of rotatable bonds is 5. The molecule has 0 aliphatic rings. The monoisotopic (exact) mass is 442 g/mol. The van der Waals surface area contributed by atoms with E-state index in [-0.39, 0.29) is 0 Å². The highest BCUT2D eigenvalue weighted by molar-refractivity contribution is 7.16. The Bertz CT molecular complexity index is 1230. The normalized spacial score (nSPS) is 11.0. The zero-order valence-corrected chi connectivity index (χ0v) is 17.7. The van der Waals surface area contributed by atoms with Gasteiger partial charge in [-0.1, -0.05) is 41.4 Å². The molecule has 7 heteroatoms. The zero-order valence-electron chi connectivity index (χ0n) is 15.4. The van der Waals surface area contributed by atoms with Crippen LogP contribution in [0.1, 0.15) is 21.6 Å². The molecule has 2 heterocycles.